The monoisotopic (exact) mass is 427 g/mol. The first-order valence-electron chi connectivity index (χ1n) is 11.5. The summed E-state index contributed by atoms with van der Waals surface area (Å²) in [5.41, 5.74) is 0.769. The number of nitrogens with zero attached hydrogens (tertiary/aromatic N) is 1. The molecule has 5 nitrogen and oxygen atoms in total. The maximum atomic E-state index is 12.9. The van der Waals surface area contributed by atoms with Gasteiger partial charge < -0.3 is 10.3 Å². The van der Waals surface area contributed by atoms with Gasteiger partial charge in [-0.05, 0) is 74.2 Å². The minimum absolute atomic E-state index is 0.0189. The highest BCUT2D eigenvalue weighted by Crippen LogP contribution is 2.32. The molecule has 0 saturated heterocycles. The molecule has 0 aliphatic heterocycles. The number of hydrogen-bond donors (Lipinski definition) is 2. The van der Waals surface area contributed by atoms with E-state index in [4.69, 9.17) is 12.2 Å². The van der Waals surface area contributed by atoms with Crippen molar-refractivity contribution in [2.75, 3.05) is 0 Å². The average Bonchev–Trinajstić information content (AvgIpc) is 2.75. The van der Waals surface area contributed by atoms with Crippen molar-refractivity contribution in [3.63, 3.8) is 0 Å². The summed E-state index contributed by atoms with van der Waals surface area (Å²) in [6.07, 6.45) is 7.30. The van der Waals surface area contributed by atoms with Crippen LogP contribution >= 0.6 is 12.2 Å². The molecule has 0 spiro atoms. The van der Waals surface area contributed by atoms with Gasteiger partial charge in [-0.15, -0.1) is 0 Å². The van der Waals surface area contributed by atoms with E-state index >= 15 is 0 Å². The molecule has 0 radical (unpaired) electrons. The second-order valence-electron chi connectivity index (χ2n) is 9.49. The van der Waals surface area contributed by atoms with Gasteiger partial charge in [0.2, 0.25) is 5.91 Å². The van der Waals surface area contributed by atoms with Gasteiger partial charge in [-0.25, -0.2) is 0 Å². The number of carbonyl (C=O) groups is 1. The molecule has 3 atom stereocenters. The highest BCUT2D eigenvalue weighted by atomic mass is 32.1. The highest BCUT2D eigenvalue weighted by molar-refractivity contribution is 7.71. The maximum absolute atomic E-state index is 12.9. The van der Waals surface area contributed by atoms with Crippen LogP contribution in [0.1, 0.15) is 58.8 Å². The van der Waals surface area contributed by atoms with Gasteiger partial charge in [-0.2, -0.15) is 0 Å². The summed E-state index contributed by atoms with van der Waals surface area (Å²) < 4.78 is 2.19. The number of fused-ring (bicyclic) bond motifs is 1. The first-order chi connectivity index (χ1) is 14.4. The Labute approximate surface area is 183 Å². The number of para-hydroxylation sites is 1. The number of benzene rings is 1. The van der Waals surface area contributed by atoms with Crippen LogP contribution < -0.4 is 10.9 Å². The van der Waals surface area contributed by atoms with Crippen LogP contribution in [0, 0.1) is 28.4 Å². The minimum Gasteiger partial charge on any atom is -0.353 e. The predicted octanol–water partition coefficient (Wildman–Crippen LogP) is 4.81. The van der Waals surface area contributed by atoms with Gasteiger partial charge in [-0.1, -0.05) is 38.8 Å². The van der Waals surface area contributed by atoms with Crippen molar-refractivity contribution < 1.29 is 4.79 Å². The molecule has 1 amide bonds. The Bertz CT molecular complexity index is 1020. The Morgan fingerprint density at radius 1 is 1.13 bits per heavy atom. The summed E-state index contributed by atoms with van der Waals surface area (Å²) in [6, 6.07) is 7.83. The second kappa shape index (κ2) is 9.04. The van der Waals surface area contributed by atoms with Crippen molar-refractivity contribution in [2.45, 2.75) is 71.4 Å². The topological polar surface area (TPSA) is 66.9 Å². The van der Waals surface area contributed by atoms with Gasteiger partial charge in [0.05, 0.1) is 10.9 Å². The number of hydrogen-bond acceptors (Lipinski definition) is 3. The number of rotatable bonds is 4. The van der Waals surface area contributed by atoms with Gasteiger partial charge in [0, 0.05) is 18.5 Å². The van der Waals surface area contributed by atoms with Gasteiger partial charge in [0.25, 0.3) is 5.56 Å². The lowest BCUT2D eigenvalue weighted by atomic mass is 9.77. The molecule has 0 unspecified atom stereocenters. The fourth-order valence-corrected chi connectivity index (χ4v) is 5.58. The molecular formula is C24H33N3O2S. The van der Waals surface area contributed by atoms with Crippen LogP contribution in [0.5, 0.6) is 0 Å². The van der Waals surface area contributed by atoms with E-state index in [-0.39, 0.29) is 17.4 Å². The fourth-order valence-electron chi connectivity index (χ4n) is 5.32. The van der Waals surface area contributed by atoms with Crippen molar-refractivity contribution in [2.24, 2.45) is 23.7 Å². The number of aromatic amines is 1. The molecule has 2 aliphatic carbocycles. The van der Waals surface area contributed by atoms with Crippen LogP contribution in [0.4, 0.5) is 0 Å². The van der Waals surface area contributed by atoms with E-state index in [0.29, 0.717) is 40.5 Å². The van der Waals surface area contributed by atoms with Crippen molar-refractivity contribution in [1.82, 2.24) is 14.9 Å². The Morgan fingerprint density at radius 3 is 2.63 bits per heavy atom. The Kier molecular flexibility index (Phi) is 6.42. The molecule has 2 N–H and O–H groups in total. The van der Waals surface area contributed by atoms with Crippen molar-refractivity contribution in [1.29, 1.82) is 0 Å². The average molecular weight is 428 g/mol. The van der Waals surface area contributed by atoms with Crippen molar-refractivity contribution in [3.05, 3.63) is 39.4 Å². The molecule has 1 heterocycles. The number of nitrogens with one attached hydrogen (secondary N) is 2. The lowest BCUT2D eigenvalue weighted by molar-refractivity contribution is -0.127. The summed E-state index contributed by atoms with van der Waals surface area (Å²) in [7, 11) is 0. The quantitative estimate of drug-likeness (QED) is 0.689. The molecule has 1 aromatic carbocycles. The molecular weight excluding hydrogens is 394 g/mol. The first-order valence-corrected chi connectivity index (χ1v) is 11.9. The number of H-pyrrole nitrogens is 1. The third kappa shape index (κ3) is 4.39. The lowest BCUT2D eigenvalue weighted by Gasteiger charge is -2.36. The van der Waals surface area contributed by atoms with Gasteiger partial charge in [-0.3, -0.25) is 14.2 Å². The third-order valence-electron chi connectivity index (χ3n) is 7.58. The van der Waals surface area contributed by atoms with E-state index in [9.17, 15) is 9.59 Å². The first kappa shape index (κ1) is 21.3. The van der Waals surface area contributed by atoms with Crippen LogP contribution in [-0.4, -0.2) is 21.5 Å². The van der Waals surface area contributed by atoms with Crippen LogP contribution in [0.3, 0.4) is 0 Å². The van der Waals surface area contributed by atoms with E-state index in [2.05, 4.69) is 24.1 Å². The summed E-state index contributed by atoms with van der Waals surface area (Å²) in [5.74, 6) is 1.97. The molecule has 4 rings (SSSR count). The molecule has 2 aromatic rings. The lowest BCUT2D eigenvalue weighted by Crippen LogP contribution is -2.46. The molecule has 2 aliphatic rings. The summed E-state index contributed by atoms with van der Waals surface area (Å²) in [6.45, 7) is 5.20. The Morgan fingerprint density at radius 2 is 1.87 bits per heavy atom. The molecule has 1 aromatic heterocycles. The van der Waals surface area contributed by atoms with Gasteiger partial charge in [0.1, 0.15) is 0 Å². The SMILES string of the molecule is C[C@@H]1[C@H](C)CCC[C@H]1NC(=O)C1CCC(Cn2c(=S)[nH]c3ccccc3c2=O)CC1. The van der Waals surface area contributed by atoms with E-state index < -0.39 is 0 Å². The van der Waals surface area contributed by atoms with E-state index in [1.165, 1.54) is 12.8 Å². The number of aromatic nitrogens is 2. The molecule has 2 saturated carbocycles. The summed E-state index contributed by atoms with van der Waals surface area (Å²) in [5, 5.41) is 4.03. The zero-order chi connectivity index (χ0) is 21.3. The van der Waals surface area contributed by atoms with Crippen molar-refractivity contribution >= 4 is 29.0 Å². The van der Waals surface area contributed by atoms with E-state index in [0.717, 1.165) is 37.6 Å². The normalized spacial score (nSPS) is 29.6. The smallest absolute Gasteiger partial charge is 0.262 e. The van der Waals surface area contributed by atoms with E-state index in [1.54, 1.807) is 4.57 Å². The summed E-state index contributed by atoms with van der Waals surface area (Å²) >= 11 is 5.46. The third-order valence-corrected chi connectivity index (χ3v) is 7.90. The molecule has 2 fully saturated rings. The number of amides is 1. The largest absolute Gasteiger partial charge is 0.353 e. The Hall–Kier alpha value is -1.95. The van der Waals surface area contributed by atoms with Crippen LogP contribution in [0.25, 0.3) is 10.9 Å². The molecule has 30 heavy (non-hydrogen) atoms. The van der Waals surface area contributed by atoms with Gasteiger partial charge in [0.15, 0.2) is 4.77 Å². The minimum atomic E-state index is -0.0189. The zero-order valence-corrected chi connectivity index (χ0v) is 18.8. The molecule has 0 bridgehead atoms. The van der Waals surface area contributed by atoms with Gasteiger partial charge >= 0.3 is 0 Å². The summed E-state index contributed by atoms with van der Waals surface area (Å²) in [4.78, 5) is 28.9. The number of carbonyl (C=O) groups excluding carboxylic acids is 1. The molecule has 162 valence electrons. The fraction of sp³-hybridized carbons (Fsp3) is 0.625. The van der Waals surface area contributed by atoms with Crippen LogP contribution in [-0.2, 0) is 11.3 Å². The van der Waals surface area contributed by atoms with Crippen molar-refractivity contribution in [3.8, 4) is 0 Å². The predicted molar refractivity (Wildman–Crippen MR) is 123 cm³/mol. The second-order valence-corrected chi connectivity index (χ2v) is 9.88. The Balaban J connectivity index is 1.36. The van der Waals surface area contributed by atoms with Crippen LogP contribution in [0.15, 0.2) is 29.1 Å². The molecule has 6 heteroatoms. The standard InChI is InChI=1S/C24H33N3O2S/c1-15-6-5-9-20(16(15)2)25-22(28)18-12-10-17(11-13-18)14-27-23(29)19-7-3-4-8-21(19)26-24(27)30/h3-4,7-8,15-18,20H,5-6,9-14H2,1-2H3,(H,25,28)(H,26,30)/t15-,16-,17?,18?,20-/m1/s1. The zero-order valence-electron chi connectivity index (χ0n) is 18.0. The maximum Gasteiger partial charge on any atom is 0.262 e. The van der Waals surface area contributed by atoms with Crippen LogP contribution in [0.2, 0.25) is 0 Å². The van der Waals surface area contributed by atoms with E-state index in [1.807, 2.05) is 24.3 Å². The highest BCUT2D eigenvalue weighted by Gasteiger charge is 2.32.